The van der Waals surface area contributed by atoms with E-state index in [9.17, 15) is 9.70 Å². The van der Waals surface area contributed by atoms with Gasteiger partial charge in [0.25, 0.3) is 0 Å². The average Bonchev–Trinajstić information content (AvgIpc) is 3.00. The van der Waals surface area contributed by atoms with Crippen LogP contribution in [0.5, 0.6) is 0 Å². The summed E-state index contributed by atoms with van der Waals surface area (Å²) < 4.78 is 0. The van der Waals surface area contributed by atoms with Crippen LogP contribution in [0.15, 0.2) is 54.0 Å². The Balaban J connectivity index is 1.84. The molecule has 1 aliphatic carbocycles. The highest BCUT2D eigenvalue weighted by atomic mass is 16.3. The molecule has 1 aromatic carbocycles. The van der Waals surface area contributed by atoms with Crippen LogP contribution < -0.4 is 5.32 Å². The Morgan fingerprint density at radius 1 is 1.07 bits per heavy atom. The third-order valence-electron chi connectivity index (χ3n) is 4.86. The second-order valence-corrected chi connectivity index (χ2v) is 7.67. The zero-order chi connectivity index (χ0) is 19.0. The first kappa shape index (κ1) is 17.1. The topological polar surface area (TPSA) is 87.2 Å². The molecule has 2 aromatic heterocycles. The molecule has 6 heteroatoms. The van der Waals surface area contributed by atoms with Gasteiger partial charge in [-0.15, -0.1) is 4.91 Å². The van der Waals surface area contributed by atoms with Crippen LogP contribution in [0.2, 0.25) is 0 Å². The van der Waals surface area contributed by atoms with Crippen LogP contribution in [-0.4, -0.2) is 15.8 Å². The summed E-state index contributed by atoms with van der Waals surface area (Å²) in [4.78, 5) is 31.1. The van der Waals surface area contributed by atoms with Crippen molar-refractivity contribution >= 4 is 22.8 Å². The lowest BCUT2D eigenvalue weighted by Crippen LogP contribution is -2.26. The van der Waals surface area contributed by atoms with E-state index >= 15 is 0 Å². The highest BCUT2D eigenvalue weighted by Crippen LogP contribution is 2.43. The standard InChI is InChI=1S/C21H20N4O2/c1-21(2)11-16-18(17(26)12-21)20(19(24-16)13-7-9-22-10-8-13)23-14-3-5-15(25-27)6-4-14/h3-10,23-24H,11-12H2,1-2H3. The lowest BCUT2D eigenvalue weighted by atomic mass is 9.76. The molecule has 6 nitrogen and oxygen atoms in total. The molecule has 136 valence electrons. The molecule has 2 heterocycles. The lowest BCUT2D eigenvalue weighted by Gasteiger charge is -2.28. The third kappa shape index (κ3) is 3.26. The Kier molecular flexibility index (Phi) is 4.11. The zero-order valence-corrected chi connectivity index (χ0v) is 15.2. The number of carbonyl (C=O) groups excluding carboxylic acids is 1. The molecule has 4 rings (SSSR count). The van der Waals surface area contributed by atoms with E-state index in [1.807, 2.05) is 12.1 Å². The molecule has 0 atom stereocenters. The molecular weight excluding hydrogens is 340 g/mol. The molecule has 0 spiro atoms. The molecule has 0 saturated heterocycles. The summed E-state index contributed by atoms with van der Waals surface area (Å²) in [5, 5.41) is 6.30. The van der Waals surface area contributed by atoms with Crippen LogP contribution in [0.4, 0.5) is 17.1 Å². The minimum absolute atomic E-state index is 0.0704. The van der Waals surface area contributed by atoms with E-state index in [2.05, 4.69) is 34.3 Å². The molecule has 0 aliphatic heterocycles. The number of nitrogens with one attached hydrogen (secondary N) is 2. The number of H-pyrrole nitrogens is 1. The molecule has 0 radical (unpaired) electrons. The number of Topliss-reactive ketones (excluding diaryl/α,β-unsaturated/α-hetero) is 1. The van der Waals surface area contributed by atoms with Gasteiger partial charge in [-0.05, 0) is 53.4 Å². The van der Waals surface area contributed by atoms with Crippen LogP contribution in [-0.2, 0) is 6.42 Å². The van der Waals surface area contributed by atoms with Gasteiger partial charge in [0, 0.05) is 35.8 Å². The van der Waals surface area contributed by atoms with E-state index in [4.69, 9.17) is 0 Å². The summed E-state index contributed by atoms with van der Waals surface area (Å²) in [5.41, 5.74) is 5.35. The minimum Gasteiger partial charge on any atom is -0.356 e. The Labute approximate surface area is 157 Å². The summed E-state index contributed by atoms with van der Waals surface area (Å²) in [6, 6.07) is 10.7. The number of nitroso groups, excluding NO2 is 1. The lowest BCUT2D eigenvalue weighted by molar-refractivity contribution is 0.0912. The van der Waals surface area contributed by atoms with Crippen molar-refractivity contribution in [3.63, 3.8) is 0 Å². The molecule has 1 aliphatic rings. The molecule has 0 unspecified atom stereocenters. The molecule has 0 saturated carbocycles. The first-order valence-electron chi connectivity index (χ1n) is 8.86. The predicted molar refractivity (Wildman–Crippen MR) is 106 cm³/mol. The summed E-state index contributed by atoms with van der Waals surface area (Å²) in [5.74, 6) is 0.131. The smallest absolute Gasteiger partial charge is 0.167 e. The van der Waals surface area contributed by atoms with Gasteiger partial charge in [0.05, 0.1) is 16.9 Å². The number of anilines is 2. The summed E-state index contributed by atoms with van der Waals surface area (Å²) in [7, 11) is 0. The van der Waals surface area contributed by atoms with Crippen LogP contribution in [0.25, 0.3) is 11.3 Å². The minimum atomic E-state index is -0.0704. The molecule has 2 N–H and O–H groups in total. The van der Waals surface area contributed by atoms with Crippen LogP contribution in [0.1, 0.15) is 36.3 Å². The van der Waals surface area contributed by atoms with Crippen molar-refractivity contribution in [3.8, 4) is 11.3 Å². The summed E-state index contributed by atoms with van der Waals surface area (Å²) in [6.45, 7) is 4.22. The molecule has 0 bridgehead atoms. The van der Waals surface area contributed by atoms with Crippen LogP contribution >= 0.6 is 0 Å². The van der Waals surface area contributed by atoms with Crippen molar-refractivity contribution < 1.29 is 4.79 Å². The van der Waals surface area contributed by atoms with E-state index in [1.54, 1.807) is 36.7 Å². The van der Waals surface area contributed by atoms with Gasteiger partial charge in [-0.1, -0.05) is 13.8 Å². The number of ketones is 1. The fourth-order valence-electron chi connectivity index (χ4n) is 3.67. The number of pyridine rings is 1. The van der Waals surface area contributed by atoms with Gasteiger partial charge in [-0.25, -0.2) is 0 Å². The maximum atomic E-state index is 12.9. The predicted octanol–water partition coefficient (Wildman–Crippen LogP) is 5.37. The van der Waals surface area contributed by atoms with Crippen LogP contribution in [0, 0.1) is 10.3 Å². The number of aromatic amines is 1. The number of hydrogen-bond acceptors (Lipinski definition) is 5. The van der Waals surface area contributed by atoms with Crippen LogP contribution in [0.3, 0.4) is 0 Å². The van der Waals surface area contributed by atoms with Crippen molar-refractivity contribution in [2.45, 2.75) is 26.7 Å². The summed E-state index contributed by atoms with van der Waals surface area (Å²) in [6.07, 6.45) is 4.78. The number of carbonyl (C=O) groups is 1. The first-order valence-corrected chi connectivity index (χ1v) is 8.86. The van der Waals surface area contributed by atoms with Gasteiger partial charge in [-0.3, -0.25) is 9.78 Å². The molecule has 27 heavy (non-hydrogen) atoms. The normalized spacial score (nSPS) is 15.3. The Morgan fingerprint density at radius 2 is 1.78 bits per heavy atom. The Bertz CT molecular complexity index is 1000. The van der Waals surface area contributed by atoms with Gasteiger partial charge in [0.2, 0.25) is 0 Å². The quantitative estimate of drug-likeness (QED) is 0.612. The second-order valence-electron chi connectivity index (χ2n) is 7.67. The number of aromatic nitrogens is 2. The number of benzene rings is 1. The Hall–Kier alpha value is -3.28. The molecule has 0 fully saturated rings. The SMILES string of the molecule is CC1(C)CC(=O)c2c([nH]c(-c3ccncc3)c2Nc2ccc(N=O)cc2)C1. The van der Waals surface area contributed by atoms with Crippen molar-refractivity contribution in [2.75, 3.05) is 5.32 Å². The highest BCUT2D eigenvalue weighted by Gasteiger charge is 2.35. The summed E-state index contributed by atoms with van der Waals surface area (Å²) >= 11 is 0. The number of hydrogen-bond donors (Lipinski definition) is 2. The zero-order valence-electron chi connectivity index (χ0n) is 15.2. The van der Waals surface area contributed by atoms with Crippen molar-refractivity contribution in [2.24, 2.45) is 10.6 Å². The van der Waals surface area contributed by atoms with Gasteiger partial charge < -0.3 is 10.3 Å². The molecular formula is C21H20N4O2. The maximum absolute atomic E-state index is 12.9. The van der Waals surface area contributed by atoms with Gasteiger partial charge >= 0.3 is 0 Å². The van der Waals surface area contributed by atoms with E-state index in [-0.39, 0.29) is 11.2 Å². The maximum Gasteiger partial charge on any atom is 0.167 e. The monoisotopic (exact) mass is 360 g/mol. The fraction of sp³-hybridized carbons (Fsp3) is 0.238. The number of nitrogens with zero attached hydrogens (tertiary/aromatic N) is 2. The number of fused-ring (bicyclic) bond motifs is 1. The largest absolute Gasteiger partial charge is 0.356 e. The van der Waals surface area contributed by atoms with Gasteiger partial charge in [0.15, 0.2) is 5.78 Å². The van der Waals surface area contributed by atoms with Gasteiger partial charge in [0.1, 0.15) is 5.69 Å². The van der Waals surface area contributed by atoms with E-state index in [0.29, 0.717) is 12.1 Å². The van der Waals surface area contributed by atoms with Crippen molar-refractivity contribution in [1.29, 1.82) is 0 Å². The van der Waals surface area contributed by atoms with E-state index in [0.717, 1.165) is 40.3 Å². The first-order chi connectivity index (χ1) is 13.0. The number of rotatable bonds is 4. The van der Waals surface area contributed by atoms with Crippen molar-refractivity contribution in [1.82, 2.24) is 9.97 Å². The molecule has 0 amide bonds. The van der Waals surface area contributed by atoms with Gasteiger partial charge in [-0.2, -0.15) is 0 Å². The second kappa shape index (κ2) is 6.46. The highest BCUT2D eigenvalue weighted by molar-refractivity contribution is 6.07. The third-order valence-corrected chi connectivity index (χ3v) is 4.86. The average molecular weight is 360 g/mol. The van der Waals surface area contributed by atoms with E-state index in [1.165, 1.54) is 0 Å². The van der Waals surface area contributed by atoms with Crippen molar-refractivity contribution in [3.05, 3.63) is 65.0 Å². The molecule has 3 aromatic rings. The fourth-order valence-corrected chi connectivity index (χ4v) is 3.67. The Morgan fingerprint density at radius 3 is 2.44 bits per heavy atom. The van der Waals surface area contributed by atoms with E-state index < -0.39 is 0 Å².